The summed E-state index contributed by atoms with van der Waals surface area (Å²) in [5.74, 6) is -4.31. The molecule has 14 heteroatoms. The standard InChI is InChI=1S/C22H25N3O11/c1-12(27)34-19-11-33-22(30,21(36-14(3)29)20(19)35-13(2)28)25-16(8-23-24-25)10-32-17-6-5-15(9-26)7-18(17)31-4/h5-9,19-21,30H,10-11H2,1-4H3/t19-,20+,21-,22+/m1/s1. The van der Waals surface area contributed by atoms with E-state index in [1.807, 2.05) is 0 Å². The van der Waals surface area contributed by atoms with Crippen molar-refractivity contribution in [2.24, 2.45) is 0 Å². The molecule has 1 aliphatic heterocycles. The van der Waals surface area contributed by atoms with Crippen molar-refractivity contribution in [3.05, 3.63) is 35.7 Å². The average molecular weight is 507 g/mol. The molecule has 0 bridgehead atoms. The van der Waals surface area contributed by atoms with Crippen molar-refractivity contribution in [3.63, 3.8) is 0 Å². The van der Waals surface area contributed by atoms with E-state index in [0.29, 0.717) is 11.8 Å². The zero-order valence-corrected chi connectivity index (χ0v) is 19.9. The molecular formula is C22H25N3O11. The Morgan fingerprint density at radius 3 is 2.44 bits per heavy atom. The topological polar surface area (TPSA) is 175 Å². The minimum Gasteiger partial charge on any atom is -0.493 e. The molecule has 1 aliphatic rings. The first kappa shape index (κ1) is 26.6. The number of nitrogens with zero attached hydrogens (tertiary/aromatic N) is 3. The summed E-state index contributed by atoms with van der Waals surface area (Å²) in [4.78, 5) is 46.3. The lowest BCUT2D eigenvalue weighted by Gasteiger charge is -2.44. The van der Waals surface area contributed by atoms with Crippen molar-refractivity contribution < 1.29 is 52.7 Å². The SMILES string of the molecule is COc1cc(C=O)ccc1OCc1cnnn1[C@@]1(O)OC[C@@H](OC(C)=O)[C@H](OC(C)=O)[C@H]1OC(C)=O. The highest BCUT2D eigenvalue weighted by atomic mass is 16.7. The maximum Gasteiger partial charge on any atom is 0.313 e. The Labute approximate surface area is 205 Å². The van der Waals surface area contributed by atoms with Crippen LogP contribution in [-0.4, -0.2) is 76.3 Å². The van der Waals surface area contributed by atoms with E-state index < -0.39 is 48.7 Å². The van der Waals surface area contributed by atoms with Gasteiger partial charge in [0.15, 0.2) is 23.7 Å². The molecule has 0 amide bonds. The second-order valence-corrected chi connectivity index (χ2v) is 7.68. The fourth-order valence-electron chi connectivity index (χ4n) is 3.59. The van der Waals surface area contributed by atoms with Crippen molar-refractivity contribution in [1.29, 1.82) is 0 Å². The Bertz CT molecular complexity index is 1130. The molecule has 0 unspecified atom stereocenters. The van der Waals surface area contributed by atoms with Crippen molar-refractivity contribution >= 4 is 24.2 Å². The van der Waals surface area contributed by atoms with Crippen LogP contribution in [0.1, 0.15) is 36.8 Å². The monoisotopic (exact) mass is 507 g/mol. The summed E-state index contributed by atoms with van der Waals surface area (Å²) in [6, 6.07) is 4.52. The largest absolute Gasteiger partial charge is 0.493 e. The fraction of sp³-hybridized carbons (Fsp3) is 0.455. The zero-order chi connectivity index (χ0) is 26.5. The highest BCUT2D eigenvalue weighted by Gasteiger charge is 2.58. The van der Waals surface area contributed by atoms with Crippen LogP contribution in [0.5, 0.6) is 11.5 Å². The number of carbonyl (C=O) groups is 4. The summed E-state index contributed by atoms with van der Waals surface area (Å²) in [5.41, 5.74) is 0.530. The van der Waals surface area contributed by atoms with Gasteiger partial charge in [-0.2, -0.15) is 4.68 Å². The number of carbonyl (C=O) groups excluding carboxylic acids is 4. The van der Waals surface area contributed by atoms with E-state index in [0.717, 1.165) is 25.5 Å². The third kappa shape index (κ3) is 5.78. The van der Waals surface area contributed by atoms with Gasteiger partial charge in [0.1, 0.15) is 18.6 Å². The van der Waals surface area contributed by atoms with Gasteiger partial charge in [0.2, 0.25) is 6.10 Å². The van der Waals surface area contributed by atoms with Crippen LogP contribution in [0.3, 0.4) is 0 Å². The first-order valence-corrected chi connectivity index (χ1v) is 10.6. The van der Waals surface area contributed by atoms with Crippen molar-refractivity contribution in [1.82, 2.24) is 15.0 Å². The molecule has 2 heterocycles. The predicted octanol–water partition coefficient (Wildman–Crippen LogP) is 0.106. The Kier molecular flexibility index (Phi) is 8.22. The third-order valence-electron chi connectivity index (χ3n) is 5.03. The van der Waals surface area contributed by atoms with Gasteiger partial charge in [0.25, 0.3) is 0 Å². The number of hydrogen-bond acceptors (Lipinski definition) is 13. The van der Waals surface area contributed by atoms with Crippen LogP contribution in [0.25, 0.3) is 0 Å². The number of rotatable bonds is 9. The smallest absolute Gasteiger partial charge is 0.313 e. The van der Waals surface area contributed by atoms with Gasteiger partial charge >= 0.3 is 23.8 Å². The quantitative estimate of drug-likeness (QED) is 0.275. The summed E-state index contributed by atoms with van der Waals surface area (Å²) in [6.45, 7) is 2.64. The van der Waals surface area contributed by atoms with E-state index in [9.17, 15) is 24.3 Å². The molecule has 0 radical (unpaired) electrons. The molecular weight excluding hydrogens is 482 g/mol. The molecule has 0 spiro atoms. The predicted molar refractivity (Wildman–Crippen MR) is 116 cm³/mol. The van der Waals surface area contributed by atoms with E-state index in [1.54, 1.807) is 0 Å². The number of aliphatic hydroxyl groups is 1. The summed E-state index contributed by atoms with van der Waals surface area (Å²) in [5, 5.41) is 19.2. The average Bonchev–Trinajstić information content (AvgIpc) is 3.30. The van der Waals surface area contributed by atoms with Crippen LogP contribution in [0.2, 0.25) is 0 Å². The summed E-state index contributed by atoms with van der Waals surface area (Å²) in [6.07, 6.45) is -2.43. The van der Waals surface area contributed by atoms with Crippen LogP contribution in [-0.2, 0) is 45.8 Å². The highest BCUT2D eigenvalue weighted by Crippen LogP contribution is 2.35. The van der Waals surface area contributed by atoms with Gasteiger partial charge in [-0.25, -0.2) is 0 Å². The molecule has 1 fully saturated rings. The number of aldehydes is 1. The fourth-order valence-corrected chi connectivity index (χ4v) is 3.59. The van der Waals surface area contributed by atoms with Crippen LogP contribution >= 0.6 is 0 Å². The third-order valence-corrected chi connectivity index (χ3v) is 5.03. The van der Waals surface area contributed by atoms with E-state index in [2.05, 4.69) is 10.3 Å². The Morgan fingerprint density at radius 2 is 1.83 bits per heavy atom. The van der Waals surface area contributed by atoms with Crippen LogP contribution in [0, 0.1) is 0 Å². The lowest BCUT2D eigenvalue weighted by molar-refractivity contribution is -0.373. The second kappa shape index (κ2) is 11.1. The van der Waals surface area contributed by atoms with Gasteiger partial charge in [-0.1, -0.05) is 5.21 Å². The molecule has 0 saturated carbocycles. The minimum atomic E-state index is -2.52. The van der Waals surface area contributed by atoms with Crippen molar-refractivity contribution in [2.45, 2.75) is 51.6 Å². The first-order valence-electron chi connectivity index (χ1n) is 10.6. The van der Waals surface area contributed by atoms with Gasteiger partial charge in [-0.3, -0.25) is 19.2 Å². The molecule has 36 heavy (non-hydrogen) atoms. The molecule has 194 valence electrons. The molecule has 4 atom stereocenters. The molecule has 2 aromatic rings. The van der Waals surface area contributed by atoms with Crippen LogP contribution < -0.4 is 9.47 Å². The summed E-state index contributed by atoms with van der Waals surface area (Å²) < 4.78 is 33.1. The normalized spacial score (nSPS) is 23.3. The number of aromatic nitrogens is 3. The molecule has 0 aliphatic carbocycles. The Hall–Kier alpha value is -4.04. The maximum absolute atomic E-state index is 11.9. The zero-order valence-electron chi connectivity index (χ0n) is 19.9. The number of hydrogen-bond donors (Lipinski definition) is 1. The van der Waals surface area contributed by atoms with Gasteiger partial charge in [-0.05, 0) is 18.2 Å². The number of ether oxygens (including phenoxy) is 6. The lowest BCUT2D eigenvalue weighted by atomic mass is 10.0. The van der Waals surface area contributed by atoms with E-state index >= 15 is 0 Å². The second-order valence-electron chi connectivity index (χ2n) is 7.68. The van der Waals surface area contributed by atoms with Crippen LogP contribution in [0.15, 0.2) is 24.4 Å². The molecule has 1 saturated heterocycles. The van der Waals surface area contributed by atoms with Gasteiger partial charge in [0.05, 0.1) is 19.9 Å². The van der Waals surface area contributed by atoms with Gasteiger partial charge in [-0.15, -0.1) is 5.10 Å². The minimum absolute atomic E-state index is 0.156. The van der Waals surface area contributed by atoms with E-state index in [1.165, 1.54) is 31.5 Å². The molecule has 1 N–H and O–H groups in total. The first-order chi connectivity index (χ1) is 17.1. The summed E-state index contributed by atoms with van der Waals surface area (Å²) in [7, 11) is 1.40. The molecule has 1 aromatic heterocycles. The van der Waals surface area contributed by atoms with Gasteiger partial charge in [0, 0.05) is 26.3 Å². The number of benzene rings is 1. The number of esters is 3. The molecule has 1 aromatic carbocycles. The Morgan fingerprint density at radius 1 is 1.14 bits per heavy atom. The summed E-state index contributed by atoms with van der Waals surface area (Å²) >= 11 is 0. The van der Waals surface area contributed by atoms with E-state index in [-0.39, 0.29) is 23.8 Å². The maximum atomic E-state index is 11.9. The Balaban J connectivity index is 1.95. The van der Waals surface area contributed by atoms with Crippen LogP contribution in [0.4, 0.5) is 0 Å². The highest BCUT2D eigenvalue weighted by molar-refractivity contribution is 5.76. The van der Waals surface area contributed by atoms with Gasteiger partial charge < -0.3 is 33.5 Å². The van der Waals surface area contributed by atoms with Crippen molar-refractivity contribution in [2.75, 3.05) is 13.7 Å². The molecule has 14 nitrogen and oxygen atoms in total. The van der Waals surface area contributed by atoms with E-state index in [4.69, 9.17) is 28.4 Å². The van der Waals surface area contributed by atoms with Crippen molar-refractivity contribution in [3.8, 4) is 11.5 Å². The molecule has 3 rings (SSSR count). The lowest BCUT2D eigenvalue weighted by Crippen LogP contribution is -2.65. The number of methoxy groups -OCH3 is 1.